The average molecular weight is 323 g/mol. The summed E-state index contributed by atoms with van der Waals surface area (Å²) < 4.78 is 39.9. The minimum atomic E-state index is -4.53. The molecule has 5 heteroatoms. The van der Waals surface area contributed by atoms with Crippen molar-refractivity contribution in [3.05, 3.63) is 0 Å². The molecule has 1 aliphatic carbocycles. The van der Waals surface area contributed by atoms with Crippen LogP contribution in [0, 0.1) is 0 Å². The number of halogens is 3. The zero-order chi connectivity index (χ0) is 16.6. The fourth-order valence-corrected chi connectivity index (χ4v) is 3.52. The lowest BCUT2D eigenvalue weighted by molar-refractivity contribution is -0.274. The van der Waals surface area contributed by atoms with E-state index in [0.717, 1.165) is 44.9 Å². The van der Waals surface area contributed by atoms with Gasteiger partial charge < -0.3 is 5.11 Å². The van der Waals surface area contributed by atoms with Crippen LogP contribution >= 0.6 is 0 Å². The molecule has 0 radical (unpaired) electrons. The van der Waals surface area contributed by atoms with Crippen molar-refractivity contribution in [2.45, 2.75) is 95.9 Å². The number of hydrogen-bond donors (Lipinski definition) is 1. The largest absolute Gasteiger partial charge is 0.418 e. The predicted octanol–water partition coefficient (Wildman–Crippen LogP) is 4.90. The standard InChI is InChI=1S/C17H32F3NO/c1-3-5-7-9-14-21(13-8-6-4-2)15-11-10-12-16(15,22)17(18,19)20/h15,22H,3-14H2,1-2H3. The molecule has 0 aliphatic heterocycles. The third kappa shape index (κ3) is 5.12. The Balaban J connectivity index is 2.70. The summed E-state index contributed by atoms with van der Waals surface area (Å²) in [5.41, 5.74) is -2.51. The molecule has 2 atom stereocenters. The Bertz CT molecular complexity index is 309. The molecule has 0 amide bonds. The zero-order valence-electron chi connectivity index (χ0n) is 14.1. The predicted molar refractivity (Wildman–Crippen MR) is 83.9 cm³/mol. The van der Waals surface area contributed by atoms with Gasteiger partial charge in [0.05, 0.1) is 0 Å². The monoisotopic (exact) mass is 323 g/mol. The van der Waals surface area contributed by atoms with E-state index < -0.39 is 17.8 Å². The van der Waals surface area contributed by atoms with Crippen molar-refractivity contribution in [1.82, 2.24) is 4.90 Å². The second-order valence-electron chi connectivity index (χ2n) is 6.63. The third-order valence-electron chi connectivity index (χ3n) is 4.87. The molecule has 0 aromatic carbocycles. The van der Waals surface area contributed by atoms with Crippen molar-refractivity contribution in [2.75, 3.05) is 13.1 Å². The molecule has 0 aromatic heterocycles. The van der Waals surface area contributed by atoms with E-state index >= 15 is 0 Å². The average Bonchev–Trinajstić information content (AvgIpc) is 2.85. The van der Waals surface area contributed by atoms with Crippen LogP contribution in [0.3, 0.4) is 0 Å². The normalized spacial score (nSPS) is 26.0. The highest BCUT2D eigenvalue weighted by Gasteiger charge is 2.61. The number of aliphatic hydroxyl groups is 1. The molecule has 132 valence electrons. The van der Waals surface area contributed by atoms with Gasteiger partial charge in [-0.2, -0.15) is 13.2 Å². The number of nitrogens with zero attached hydrogens (tertiary/aromatic N) is 1. The summed E-state index contributed by atoms with van der Waals surface area (Å²) in [5, 5.41) is 10.3. The molecule has 1 saturated carbocycles. The summed E-state index contributed by atoms with van der Waals surface area (Å²) in [4.78, 5) is 1.92. The Labute approximate surface area is 133 Å². The maximum absolute atomic E-state index is 13.3. The van der Waals surface area contributed by atoms with Crippen LogP contribution in [-0.2, 0) is 0 Å². The molecule has 1 rings (SSSR count). The Morgan fingerprint density at radius 3 is 2.09 bits per heavy atom. The van der Waals surface area contributed by atoms with Gasteiger partial charge in [0.25, 0.3) is 0 Å². The number of unbranched alkanes of at least 4 members (excludes halogenated alkanes) is 5. The molecule has 1 N–H and O–H groups in total. The van der Waals surface area contributed by atoms with E-state index in [1.54, 1.807) is 0 Å². The molecule has 0 saturated heterocycles. The molecule has 0 heterocycles. The topological polar surface area (TPSA) is 23.5 Å². The summed E-state index contributed by atoms with van der Waals surface area (Å²) >= 11 is 0. The summed E-state index contributed by atoms with van der Waals surface area (Å²) in [6.07, 6.45) is 3.44. The fraction of sp³-hybridized carbons (Fsp3) is 1.00. The van der Waals surface area contributed by atoms with Gasteiger partial charge in [-0.15, -0.1) is 0 Å². The van der Waals surface area contributed by atoms with Crippen molar-refractivity contribution >= 4 is 0 Å². The van der Waals surface area contributed by atoms with Gasteiger partial charge in [-0.25, -0.2) is 0 Å². The van der Waals surface area contributed by atoms with Gasteiger partial charge in [-0.1, -0.05) is 46.0 Å². The van der Waals surface area contributed by atoms with Crippen molar-refractivity contribution in [2.24, 2.45) is 0 Å². The minimum absolute atomic E-state index is 0.152. The molecule has 0 bridgehead atoms. The first-order chi connectivity index (χ1) is 10.4. The third-order valence-corrected chi connectivity index (χ3v) is 4.87. The molecule has 1 fully saturated rings. The van der Waals surface area contributed by atoms with Crippen LogP contribution in [0.25, 0.3) is 0 Å². The quantitative estimate of drug-likeness (QED) is 0.578. The molecular weight excluding hydrogens is 291 g/mol. The van der Waals surface area contributed by atoms with Crippen molar-refractivity contribution < 1.29 is 18.3 Å². The van der Waals surface area contributed by atoms with Crippen molar-refractivity contribution in [3.8, 4) is 0 Å². The van der Waals surface area contributed by atoms with Gasteiger partial charge in [0.2, 0.25) is 0 Å². The number of alkyl halides is 3. The lowest BCUT2D eigenvalue weighted by Gasteiger charge is -2.39. The first kappa shape index (κ1) is 19.8. The Morgan fingerprint density at radius 1 is 1.00 bits per heavy atom. The minimum Gasteiger partial charge on any atom is -0.379 e. The van der Waals surface area contributed by atoms with E-state index in [1.807, 2.05) is 4.90 Å². The van der Waals surface area contributed by atoms with E-state index in [-0.39, 0.29) is 6.42 Å². The fourth-order valence-electron chi connectivity index (χ4n) is 3.52. The zero-order valence-corrected chi connectivity index (χ0v) is 14.1. The molecule has 0 aromatic rings. The lowest BCUT2D eigenvalue weighted by Crippen LogP contribution is -2.58. The van der Waals surface area contributed by atoms with E-state index in [1.165, 1.54) is 0 Å². The Hall–Kier alpha value is -0.290. The highest BCUT2D eigenvalue weighted by atomic mass is 19.4. The second-order valence-corrected chi connectivity index (χ2v) is 6.63. The first-order valence-electron chi connectivity index (χ1n) is 8.90. The summed E-state index contributed by atoms with van der Waals surface area (Å²) in [7, 11) is 0. The van der Waals surface area contributed by atoms with E-state index in [4.69, 9.17) is 0 Å². The molecule has 1 aliphatic rings. The van der Waals surface area contributed by atoms with Crippen molar-refractivity contribution in [1.29, 1.82) is 0 Å². The highest BCUT2D eigenvalue weighted by Crippen LogP contribution is 2.45. The first-order valence-corrected chi connectivity index (χ1v) is 8.90. The van der Waals surface area contributed by atoms with E-state index in [2.05, 4.69) is 13.8 Å². The van der Waals surface area contributed by atoms with Crippen LogP contribution in [0.1, 0.15) is 78.1 Å². The van der Waals surface area contributed by atoms with Gasteiger partial charge in [-0.3, -0.25) is 4.90 Å². The van der Waals surface area contributed by atoms with Crippen LogP contribution in [0.4, 0.5) is 13.2 Å². The van der Waals surface area contributed by atoms with Gasteiger partial charge in [-0.05, 0) is 45.2 Å². The lowest BCUT2D eigenvalue weighted by atomic mass is 9.94. The molecule has 22 heavy (non-hydrogen) atoms. The summed E-state index contributed by atoms with van der Waals surface area (Å²) in [6, 6.07) is -0.758. The van der Waals surface area contributed by atoms with Crippen LogP contribution in [0.15, 0.2) is 0 Å². The summed E-state index contributed by atoms with van der Waals surface area (Å²) in [6.45, 7) is 5.56. The van der Waals surface area contributed by atoms with Crippen LogP contribution in [0.2, 0.25) is 0 Å². The van der Waals surface area contributed by atoms with Crippen LogP contribution in [-0.4, -0.2) is 40.9 Å². The van der Waals surface area contributed by atoms with Crippen molar-refractivity contribution in [3.63, 3.8) is 0 Å². The van der Waals surface area contributed by atoms with Crippen LogP contribution in [0.5, 0.6) is 0 Å². The van der Waals surface area contributed by atoms with Gasteiger partial charge in [0, 0.05) is 6.04 Å². The van der Waals surface area contributed by atoms with Gasteiger partial charge >= 0.3 is 6.18 Å². The molecular formula is C17H32F3NO. The number of rotatable bonds is 10. The van der Waals surface area contributed by atoms with Gasteiger partial charge in [0.1, 0.15) is 0 Å². The highest BCUT2D eigenvalue weighted by molar-refractivity contribution is 5.03. The van der Waals surface area contributed by atoms with E-state index in [9.17, 15) is 18.3 Å². The Morgan fingerprint density at radius 2 is 1.55 bits per heavy atom. The smallest absolute Gasteiger partial charge is 0.379 e. The number of hydrogen-bond acceptors (Lipinski definition) is 2. The van der Waals surface area contributed by atoms with Crippen LogP contribution < -0.4 is 0 Å². The SMILES string of the molecule is CCCCCCN(CCCCC)C1CCCC1(O)C(F)(F)F. The molecule has 2 nitrogen and oxygen atoms in total. The second kappa shape index (κ2) is 9.11. The molecule has 2 unspecified atom stereocenters. The van der Waals surface area contributed by atoms with Gasteiger partial charge in [0.15, 0.2) is 5.60 Å². The summed E-state index contributed by atoms with van der Waals surface area (Å²) in [5.74, 6) is 0. The Kier molecular flexibility index (Phi) is 8.19. The maximum Gasteiger partial charge on any atom is 0.418 e. The maximum atomic E-state index is 13.3. The molecule has 0 spiro atoms. The van der Waals surface area contributed by atoms with E-state index in [0.29, 0.717) is 25.9 Å².